The van der Waals surface area contributed by atoms with Gasteiger partial charge in [0.05, 0.1) is 19.8 Å². The third-order valence-corrected chi connectivity index (χ3v) is 2.64. The van der Waals surface area contributed by atoms with E-state index < -0.39 is 0 Å². The number of ether oxygens (including phenoxy) is 3. The van der Waals surface area contributed by atoms with Crippen LogP contribution in [0.25, 0.3) is 0 Å². The molecule has 0 aliphatic rings. The van der Waals surface area contributed by atoms with Crippen LogP contribution in [0, 0.1) is 17.7 Å². The maximum atomic E-state index is 13.2. The first-order valence-electron chi connectivity index (χ1n) is 6.80. The quantitative estimate of drug-likeness (QED) is 0.557. The van der Waals surface area contributed by atoms with E-state index in [2.05, 4.69) is 11.8 Å². The molecule has 0 bridgehead atoms. The van der Waals surface area contributed by atoms with E-state index >= 15 is 0 Å². The van der Waals surface area contributed by atoms with Gasteiger partial charge in [0.1, 0.15) is 12.4 Å². The number of aliphatic hydroxyl groups excluding tert-OH is 1. The van der Waals surface area contributed by atoms with Crippen LogP contribution in [0.3, 0.4) is 0 Å². The van der Waals surface area contributed by atoms with Gasteiger partial charge in [-0.15, -0.1) is 0 Å². The molecule has 0 spiro atoms. The SMILES string of the molecule is COCCOCCCOCc1ccc(F)cc1C#CCO. The van der Waals surface area contributed by atoms with Crippen molar-refractivity contribution >= 4 is 0 Å². The summed E-state index contributed by atoms with van der Waals surface area (Å²) in [4.78, 5) is 0. The van der Waals surface area contributed by atoms with E-state index in [4.69, 9.17) is 19.3 Å². The van der Waals surface area contributed by atoms with Gasteiger partial charge in [0.25, 0.3) is 0 Å². The van der Waals surface area contributed by atoms with Crippen LogP contribution in [-0.2, 0) is 20.8 Å². The summed E-state index contributed by atoms with van der Waals surface area (Å²) in [5.41, 5.74) is 1.35. The lowest BCUT2D eigenvalue weighted by atomic mass is 10.1. The van der Waals surface area contributed by atoms with Crippen molar-refractivity contribution in [3.8, 4) is 11.8 Å². The summed E-state index contributed by atoms with van der Waals surface area (Å²) >= 11 is 0. The minimum absolute atomic E-state index is 0.254. The van der Waals surface area contributed by atoms with Crippen LogP contribution in [0.2, 0.25) is 0 Å². The van der Waals surface area contributed by atoms with Gasteiger partial charge in [0, 0.05) is 25.9 Å². The predicted octanol–water partition coefficient (Wildman–Crippen LogP) is 1.74. The van der Waals surface area contributed by atoms with Crippen molar-refractivity contribution < 1.29 is 23.7 Å². The largest absolute Gasteiger partial charge is 0.384 e. The molecule has 0 saturated carbocycles. The Hall–Kier alpha value is -1.45. The molecule has 1 rings (SSSR count). The summed E-state index contributed by atoms with van der Waals surface area (Å²) in [6.07, 6.45) is 0.780. The van der Waals surface area contributed by atoms with Gasteiger partial charge in [-0.05, 0) is 24.1 Å². The predicted molar refractivity (Wildman–Crippen MR) is 77.3 cm³/mol. The number of methoxy groups -OCH3 is 1. The molecule has 0 heterocycles. The molecule has 0 radical (unpaired) electrons. The number of benzene rings is 1. The highest BCUT2D eigenvalue weighted by molar-refractivity contribution is 5.41. The van der Waals surface area contributed by atoms with Crippen LogP contribution in [0.1, 0.15) is 17.5 Å². The molecule has 0 saturated heterocycles. The lowest BCUT2D eigenvalue weighted by Crippen LogP contribution is -2.06. The molecule has 0 aliphatic carbocycles. The van der Waals surface area contributed by atoms with E-state index in [0.29, 0.717) is 38.6 Å². The molecular weight excluding hydrogens is 275 g/mol. The summed E-state index contributed by atoms with van der Waals surface area (Å²) in [7, 11) is 1.63. The van der Waals surface area contributed by atoms with Crippen LogP contribution >= 0.6 is 0 Å². The molecule has 21 heavy (non-hydrogen) atoms. The average molecular weight is 296 g/mol. The first-order valence-corrected chi connectivity index (χ1v) is 6.80. The van der Waals surface area contributed by atoms with E-state index in [1.807, 2.05) is 0 Å². The van der Waals surface area contributed by atoms with Crippen LogP contribution in [0.5, 0.6) is 0 Å². The topological polar surface area (TPSA) is 47.9 Å². The zero-order valence-corrected chi connectivity index (χ0v) is 12.2. The molecule has 0 aromatic heterocycles. The Kier molecular flexibility index (Phi) is 9.42. The fraction of sp³-hybridized carbons (Fsp3) is 0.500. The summed E-state index contributed by atoms with van der Waals surface area (Å²) in [6.45, 7) is 2.43. The van der Waals surface area contributed by atoms with Crippen molar-refractivity contribution in [2.45, 2.75) is 13.0 Å². The third-order valence-electron chi connectivity index (χ3n) is 2.64. The second-order valence-corrected chi connectivity index (χ2v) is 4.27. The molecule has 0 amide bonds. The Labute approximate surface area is 124 Å². The molecule has 1 aromatic rings. The number of hydrogen-bond acceptors (Lipinski definition) is 4. The molecule has 0 fully saturated rings. The summed E-state index contributed by atoms with van der Waals surface area (Å²) in [6, 6.07) is 4.36. The summed E-state index contributed by atoms with van der Waals surface area (Å²) in [5.74, 6) is 4.88. The summed E-state index contributed by atoms with van der Waals surface area (Å²) < 4.78 is 28.9. The molecule has 0 aliphatic heterocycles. The molecule has 0 unspecified atom stereocenters. The molecule has 116 valence electrons. The first kappa shape index (κ1) is 17.6. The van der Waals surface area contributed by atoms with E-state index in [0.717, 1.165) is 12.0 Å². The highest BCUT2D eigenvalue weighted by Crippen LogP contribution is 2.11. The standard InChI is InChI=1S/C16H21FO4/c1-19-10-11-20-8-3-9-21-13-15-5-6-16(17)12-14(15)4-2-7-18/h5-6,12,18H,3,7-11,13H2,1H3. The maximum Gasteiger partial charge on any atom is 0.124 e. The molecular formula is C16H21FO4. The average Bonchev–Trinajstić information content (AvgIpc) is 2.49. The number of halogens is 1. The zero-order chi connectivity index (χ0) is 15.3. The second-order valence-electron chi connectivity index (χ2n) is 4.27. The van der Waals surface area contributed by atoms with Crippen molar-refractivity contribution in [2.75, 3.05) is 40.1 Å². The lowest BCUT2D eigenvalue weighted by Gasteiger charge is -2.07. The Bertz CT molecular complexity index is 465. The smallest absolute Gasteiger partial charge is 0.124 e. The highest BCUT2D eigenvalue weighted by Gasteiger charge is 2.02. The van der Waals surface area contributed by atoms with Crippen LogP contribution < -0.4 is 0 Å². The van der Waals surface area contributed by atoms with Gasteiger partial charge in [-0.2, -0.15) is 0 Å². The van der Waals surface area contributed by atoms with Crippen molar-refractivity contribution in [3.05, 3.63) is 35.1 Å². The van der Waals surface area contributed by atoms with Crippen LogP contribution in [0.15, 0.2) is 18.2 Å². The van der Waals surface area contributed by atoms with E-state index in [1.54, 1.807) is 13.2 Å². The van der Waals surface area contributed by atoms with Crippen LogP contribution in [-0.4, -0.2) is 45.3 Å². The monoisotopic (exact) mass is 296 g/mol. The zero-order valence-electron chi connectivity index (χ0n) is 12.2. The van der Waals surface area contributed by atoms with E-state index in [9.17, 15) is 4.39 Å². The van der Waals surface area contributed by atoms with E-state index in [-0.39, 0.29) is 12.4 Å². The van der Waals surface area contributed by atoms with Gasteiger partial charge in [0.15, 0.2) is 0 Å². The molecule has 1 aromatic carbocycles. The van der Waals surface area contributed by atoms with Gasteiger partial charge in [-0.1, -0.05) is 17.9 Å². The molecule has 5 heteroatoms. The maximum absolute atomic E-state index is 13.2. The minimum Gasteiger partial charge on any atom is -0.384 e. The summed E-state index contributed by atoms with van der Waals surface area (Å²) in [5, 5.41) is 8.70. The number of rotatable bonds is 9. The Balaban J connectivity index is 2.31. The van der Waals surface area contributed by atoms with Crippen LogP contribution in [0.4, 0.5) is 4.39 Å². The van der Waals surface area contributed by atoms with Crippen molar-refractivity contribution in [1.29, 1.82) is 0 Å². The molecule has 1 N–H and O–H groups in total. The van der Waals surface area contributed by atoms with Crippen molar-refractivity contribution in [1.82, 2.24) is 0 Å². The van der Waals surface area contributed by atoms with E-state index in [1.165, 1.54) is 12.1 Å². The Morgan fingerprint density at radius 2 is 1.95 bits per heavy atom. The van der Waals surface area contributed by atoms with Gasteiger partial charge in [-0.3, -0.25) is 0 Å². The van der Waals surface area contributed by atoms with Gasteiger partial charge >= 0.3 is 0 Å². The van der Waals surface area contributed by atoms with Gasteiger partial charge in [-0.25, -0.2) is 4.39 Å². The minimum atomic E-state index is -0.354. The van der Waals surface area contributed by atoms with Crippen molar-refractivity contribution in [2.24, 2.45) is 0 Å². The fourth-order valence-electron chi connectivity index (χ4n) is 1.62. The molecule has 0 atom stereocenters. The molecule has 4 nitrogen and oxygen atoms in total. The first-order chi connectivity index (χ1) is 10.3. The normalized spacial score (nSPS) is 10.2. The fourth-order valence-corrected chi connectivity index (χ4v) is 1.62. The lowest BCUT2D eigenvalue weighted by molar-refractivity contribution is 0.0483. The number of hydrogen-bond donors (Lipinski definition) is 1. The highest BCUT2D eigenvalue weighted by atomic mass is 19.1. The van der Waals surface area contributed by atoms with Gasteiger partial charge in [0.2, 0.25) is 0 Å². The van der Waals surface area contributed by atoms with Gasteiger partial charge < -0.3 is 19.3 Å². The second kappa shape index (κ2) is 11.2. The Morgan fingerprint density at radius 3 is 2.71 bits per heavy atom. The Morgan fingerprint density at radius 1 is 1.14 bits per heavy atom. The third kappa shape index (κ3) is 7.78. The van der Waals surface area contributed by atoms with Crippen molar-refractivity contribution in [3.63, 3.8) is 0 Å². The number of aliphatic hydroxyl groups is 1.